The quantitative estimate of drug-likeness (QED) is 0.720. The molecule has 0 amide bonds. The Hall–Kier alpha value is -0.120. The molecule has 102 valence electrons. The summed E-state index contributed by atoms with van der Waals surface area (Å²) in [5.74, 6) is 1.35. The zero-order valence-corrected chi connectivity index (χ0v) is 11.7. The Morgan fingerprint density at radius 1 is 1.41 bits per heavy atom. The largest absolute Gasteiger partial charge is 0.389 e. The minimum Gasteiger partial charge on any atom is -0.389 e. The van der Waals surface area contributed by atoms with Gasteiger partial charge in [-0.25, -0.2) is 0 Å². The first-order valence-corrected chi connectivity index (χ1v) is 7.01. The van der Waals surface area contributed by atoms with Gasteiger partial charge in [0.1, 0.15) is 0 Å². The molecule has 3 nitrogen and oxygen atoms in total. The lowest BCUT2D eigenvalue weighted by atomic mass is 9.78. The second-order valence-corrected chi connectivity index (χ2v) is 5.77. The van der Waals surface area contributed by atoms with E-state index in [2.05, 4.69) is 19.2 Å². The molecule has 3 heteroatoms. The van der Waals surface area contributed by atoms with E-state index in [4.69, 9.17) is 4.74 Å². The van der Waals surface area contributed by atoms with Crippen LogP contribution in [0.25, 0.3) is 0 Å². The van der Waals surface area contributed by atoms with Crippen LogP contribution in [0.2, 0.25) is 0 Å². The van der Waals surface area contributed by atoms with Crippen LogP contribution in [0, 0.1) is 11.8 Å². The van der Waals surface area contributed by atoms with Crippen LogP contribution in [0.4, 0.5) is 0 Å². The van der Waals surface area contributed by atoms with E-state index in [0.29, 0.717) is 5.92 Å². The van der Waals surface area contributed by atoms with Crippen molar-refractivity contribution in [1.82, 2.24) is 5.32 Å². The Labute approximate surface area is 106 Å². The van der Waals surface area contributed by atoms with Gasteiger partial charge in [-0.05, 0) is 37.5 Å². The molecule has 17 heavy (non-hydrogen) atoms. The molecule has 2 N–H and O–H groups in total. The Morgan fingerprint density at radius 3 is 2.59 bits per heavy atom. The van der Waals surface area contributed by atoms with Gasteiger partial charge in [0.15, 0.2) is 0 Å². The van der Waals surface area contributed by atoms with Gasteiger partial charge in [-0.2, -0.15) is 0 Å². The first-order valence-electron chi connectivity index (χ1n) is 7.01. The fourth-order valence-electron chi connectivity index (χ4n) is 2.69. The highest BCUT2D eigenvalue weighted by Gasteiger charge is 2.32. The monoisotopic (exact) mass is 243 g/mol. The fourth-order valence-corrected chi connectivity index (χ4v) is 2.69. The fraction of sp³-hybridized carbons (Fsp3) is 1.00. The summed E-state index contributed by atoms with van der Waals surface area (Å²) >= 11 is 0. The Kier molecular flexibility index (Phi) is 6.45. The number of rotatable bonds is 7. The number of methoxy groups -OCH3 is 1. The number of hydrogen-bond acceptors (Lipinski definition) is 3. The topological polar surface area (TPSA) is 41.5 Å². The van der Waals surface area contributed by atoms with Crippen molar-refractivity contribution < 1.29 is 9.84 Å². The first-order chi connectivity index (χ1) is 8.09. The van der Waals surface area contributed by atoms with Gasteiger partial charge in [0.05, 0.1) is 5.60 Å². The maximum atomic E-state index is 10.4. The molecular formula is C14H29NO2. The van der Waals surface area contributed by atoms with Crippen molar-refractivity contribution in [3.05, 3.63) is 0 Å². The van der Waals surface area contributed by atoms with Crippen molar-refractivity contribution in [3.63, 3.8) is 0 Å². The molecule has 1 aliphatic rings. The second-order valence-electron chi connectivity index (χ2n) is 5.77. The van der Waals surface area contributed by atoms with Gasteiger partial charge in [-0.15, -0.1) is 0 Å². The third-order valence-electron chi connectivity index (χ3n) is 4.01. The third kappa shape index (κ3) is 5.36. The Balaban J connectivity index is 2.18. The molecule has 1 fully saturated rings. The van der Waals surface area contributed by atoms with Gasteiger partial charge in [0.25, 0.3) is 0 Å². The zero-order chi connectivity index (χ0) is 12.7. The van der Waals surface area contributed by atoms with Crippen LogP contribution in [-0.2, 0) is 4.74 Å². The van der Waals surface area contributed by atoms with Crippen molar-refractivity contribution in [2.24, 2.45) is 11.8 Å². The maximum Gasteiger partial charge on any atom is 0.0771 e. The van der Waals surface area contributed by atoms with E-state index >= 15 is 0 Å². The summed E-state index contributed by atoms with van der Waals surface area (Å²) < 4.78 is 5.10. The average molecular weight is 243 g/mol. The van der Waals surface area contributed by atoms with Crippen molar-refractivity contribution >= 4 is 0 Å². The van der Waals surface area contributed by atoms with Crippen LogP contribution in [0.5, 0.6) is 0 Å². The van der Waals surface area contributed by atoms with Crippen LogP contribution in [0.15, 0.2) is 0 Å². The normalized spacial score (nSPS) is 31.4. The van der Waals surface area contributed by atoms with Crippen LogP contribution < -0.4 is 5.32 Å². The lowest BCUT2D eigenvalue weighted by Crippen LogP contribution is -2.44. The van der Waals surface area contributed by atoms with Gasteiger partial charge >= 0.3 is 0 Å². The van der Waals surface area contributed by atoms with E-state index in [9.17, 15) is 5.11 Å². The van der Waals surface area contributed by atoms with Gasteiger partial charge in [0.2, 0.25) is 0 Å². The van der Waals surface area contributed by atoms with Crippen LogP contribution in [0.3, 0.4) is 0 Å². The first kappa shape index (κ1) is 14.9. The highest BCUT2D eigenvalue weighted by atomic mass is 16.5. The summed E-state index contributed by atoms with van der Waals surface area (Å²) in [6.07, 6.45) is 5.54. The standard InChI is InChI=1S/C14H29NO2/c1-4-13-5-7-14(16,8-6-13)11-15-9-12(2)10-17-3/h12-13,15-16H,4-11H2,1-3H3. The van der Waals surface area contributed by atoms with E-state index in [1.54, 1.807) is 7.11 Å². The van der Waals surface area contributed by atoms with Gasteiger partial charge in [-0.3, -0.25) is 0 Å². The number of nitrogens with one attached hydrogen (secondary N) is 1. The zero-order valence-electron chi connectivity index (χ0n) is 11.7. The summed E-state index contributed by atoms with van der Waals surface area (Å²) in [5.41, 5.74) is -0.460. The van der Waals surface area contributed by atoms with Crippen LogP contribution in [-0.4, -0.2) is 37.5 Å². The smallest absolute Gasteiger partial charge is 0.0771 e. The maximum absolute atomic E-state index is 10.4. The predicted molar refractivity (Wildman–Crippen MR) is 71.1 cm³/mol. The summed E-state index contributed by atoms with van der Waals surface area (Å²) in [7, 11) is 1.73. The molecule has 0 heterocycles. The molecule has 1 atom stereocenters. The van der Waals surface area contributed by atoms with Crippen molar-refractivity contribution in [3.8, 4) is 0 Å². The summed E-state index contributed by atoms with van der Waals surface area (Å²) in [5, 5.41) is 13.8. The molecule has 0 radical (unpaired) electrons. The van der Waals surface area contributed by atoms with Gasteiger partial charge < -0.3 is 15.2 Å². The molecule has 0 aromatic rings. The molecule has 0 aliphatic heterocycles. The molecule has 0 saturated heterocycles. The molecule has 0 bridgehead atoms. The minimum absolute atomic E-state index is 0.460. The van der Waals surface area contributed by atoms with E-state index in [1.807, 2.05) is 0 Å². The third-order valence-corrected chi connectivity index (χ3v) is 4.01. The second kappa shape index (κ2) is 7.34. The lowest BCUT2D eigenvalue weighted by Gasteiger charge is -2.36. The van der Waals surface area contributed by atoms with Crippen molar-refractivity contribution in [2.75, 3.05) is 26.8 Å². The van der Waals surface area contributed by atoms with Gasteiger partial charge in [0, 0.05) is 26.8 Å². The van der Waals surface area contributed by atoms with Crippen LogP contribution >= 0.6 is 0 Å². The molecule has 1 unspecified atom stereocenters. The highest BCUT2D eigenvalue weighted by molar-refractivity contribution is 4.87. The SMILES string of the molecule is CCC1CCC(O)(CNCC(C)COC)CC1. The van der Waals surface area contributed by atoms with Gasteiger partial charge in [-0.1, -0.05) is 20.3 Å². The molecular weight excluding hydrogens is 214 g/mol. The molecule has 1 rings (SSSR count). The number of aliphatic hydroxyl groups is 1. The molecule has 1 saturated carbocycles. The molecule has 0 aromatic heterocycles. The van der Waals surface area contributed by atoms with Crippen molar-refractivity contribution in [2.45, 2.75) is 51.6 Å². The molecule has 1 aliphatic carbocycles. The predicted octanol–water partition coefficient (Wildman–Crippen LogP) is 2.19. The lowest BCUT2D eigenvalue weighted by molar-refractivity contribution is -0.00953. The Bertz CT molecular complexity index is 200. The van der Waals surface area contributed by atoms with E-state index in [0.717, 1.165) is 38.5 Å². The van der Waals surface area contributed by atoms with Crippen molar-refractivity contribution in [1.29, 1.82) is 0 Å². The van der Waals surface area contributed by atoms with E-state index < -0.39 is 5.60 Å². The van der Waals surface area contributed by atoms with E-state index in [1.165, 1.54) is 19.3 Å². The minimum atomic E-state index is -0.460. The summed E-state index contributed by atoms with van der Waals surface area (Å²) in [6.45, 7) is 6.85. The summed E-state index contributed by atoms with van der Waals surface area (Å²) in [4.78, 5) is 0. The highest BCUT2D eigenvalue weighted by Crippen LogP contribution is 2.33. The Morgan fingerprint density at radius 2 is 2.06 bits per heavy atom. The molecule has 0 spiro atoms. The number of hydrogen-bond donors (Lipinski definition) is 2. The average Bonchev–Trinajstić information content (AvgIpc) is 2.30. The molecule has 0 aromatic carbocycles. The van der Waals surface area contributed by atoms with E-state index in [-0.39, 0.29) is 0 Å². The van der Waals surface area contributed by atoms with Crippen LogP contribution in [0.1, 0.15) is 46.0 Å². The summed E-state index contributed by atoms with van der Waals surface area (Å²) in [6, 6.07) is 0. The number of ether oxygens (including phenoxy) is 1.